The molecule has 1 aromatic carbocycles. The SMILES string of the molecule is O=C(NCCCc1ccn[nH]1)Nc1ccccc1C(F)(F)F. The molecule has 0 aliphatic carbocycles. The molecular weight excluding hydrogens is 297 g/mol. The number of para-hydroxylation sites is 1. The molecule has 118 valence electrons. The third-order valence-corrected chi connectivity index (χ3v) is 2.95. The van der Waals surface area contributed by atoms with E-state index in [4.69, 9.17) is 0 Å². The molecule has 0 bridgehead atoms. The molecular formula is C14H15F3N4O. The number of anilines is 1. The molecule has 3 N–H and O–H groups in total. The average molecular weight is 312 g/mol. The first-order valence-corrected chi connectivity index (χ1v) is 6.66. The second-order valence-electron chi connectivity index (χ2n) is 4.61. The van der Waals surface area contributed by atoms with Crippen LogP contribution >= 0.6 is 0 Å². The molecule has 22 heavy (non-hydrogen) atoms. The zero-order valence-electron chi connectivity index (χ0n) is 11.6. The molecule has 2 aromatic rings. The van der Waals surface area contributed by atoms with E-state index in [0.717, 1.165) is 11.8 Å². The highest BCUT2D eigenvalue weighted by atomic mass is 19.4. The number of hydrogen-bond acceptors (Lipinski definition) is 2. The molecule has 0 atom stereocenters. The molecule has 0 saturated carbocycles. The van der Waals surface area contributed by atoms with Gasteiger partial charge >= 0.3 is 12.2 Å². The first-order chi connectivity index (χ1) is 10.5. The van der Waals surface area contributed by atoms with Gasteiger partial charge in [-0.2, -0.15) is 18.3 Å². The number of halogens is 3. The molecule has 0 spiro atoms. The smallest absolute Gasteiger partial charge is 0.338 e. The lowest BCUT2D eigenvalue weighted by atomic mass is 10.1. The Labute approximate surface area is 124 Å². The van der Waals surface area contributed by atoms with E-state index in [1.165, 1.54) is 18.2 Å². The Morgan fingerprint density at radius 3 is 2.68 bits per heavy atom. The van der Waals surface area contributed by atoms with Gasteiger partial charge in [0.15, 0.2) is 0 Å². The minimum Gasteiger partial charge on any atom is -0.338 e. The molecule has 5 nitrogen and oxygen atoms in total. The van der Waals surface area contributed by atoms with Crippen molar-refractivity contribution in [1.82, 2.24) is 15.5 Å². The summed E-state index contributed by atoms with van der Waals surface area (Å²) < 4.78 is 38.3. The summed E-state index contributed by atoms with van der Waals surface area (Å²) in [6.45, 7) is 0.346. The molecule has 2 rings (SSSR count). The van der Waals surface area contributed by atoms with E-state index in [1.807, 2.05) is 6.07 Å². The van der Waals surface area contributed by atoms with E-state index < -0.39 is 17.8 Å². The Morgan fingerprint density at radius 1 is 1.23 bits per heavy atom. The van der Waals surface area contributed by atoms with Crippen molar-refractivity contribution >= 4 is 11.7 Å². The standard InChI is InChI=1S/C14H15F3N4O/c15-14(16,17)11-5-1-2-6-12(11)20-13(22)18-8-3-4-10-7-9-19-21-10/h1-2,5-7,9H,3-4,8H2,(H,19,21)(H2,18,20,22). The van der Waals surface area contributed by atoms with Gasteiger partial charge < -0.3 is 10.6 Å². The van der Waals surface area contributed by atoms with Crippen molar-refractivity contribution in [3.8, 4) is 0 Å². The van der Waals surface area contributed by atoms with Crippen molar-refractivity contribution < 1.29 is 18.0 Å². The molecule has 2 amide bonds. The number of hydrogen-bond donors (Lipinski definition) is 3. The van der Waals surface area contributed by atoms with Crippen LogP contribution in [0.15, 0.2) is 36.5 Å². The maximum atomic E-state index is 12.8. The zero-order chi connectivity index (χ0) is 16.0. The minimum atomic E-state index is -4.51. The van der Waals surface area contributed by atoms with E-state index in [0.29, 0.717) is 19.4 Å². The highest BCUT2D eigenvalue weighted by molar-refractivity contribution is 5.90. The Hall–Kier alpha value is -2.51. The molecule has 8 heteroatoms. The lowest BCUT2D eigenvalue weighted by molar-refractivity contribution is -0.136. The van der Waals surface area contributed by atoms with E-state index in [-0.39, 0.29) is 5.69 Å². The van der Waals surface area contributed by atoms with E-state index in [2.05, 4.69) is 20.8 Å². The van der Waals surface area contributed by atoms with Gasteiger partial charge in [0.2, 0.25) is 0 Å². The number of H-pyrrole nitrogens is 1. The van der Waals surface area contributed by atoms with Crippen LogP contribution in [0.1, 0.15) is 17.7 Å². The summed E-state index contributed by atoms with van der Waals surface area (Å²) in [6.07, 6.45) is -1.54. The number of nitrogens with one attached hydrogen (secondary N) is 3. The van der Waals surface area contributed by atoms with Gasteiger partial charge in [-0.15, -0.1) is 0 Å². The number of aromatic nitrogens is 2. The summed E-state index contributed by atoms with van der Waals surface area (Å²) in [7, 11) is 0. The normalized spacial score (nSPS) is 11.2. The van der Waals surface area contributed by atoms with Gasteiger partial charge in [-0.25, -0.2) is 4.79 Å². The largest absolute Gasteiger partial charge is 0.418 e. The number of carbonyl (C=O) groups is 1. The predicted octanol–water partition coefficient (Wildman–Crippen LogP) is 3.18. The zero-order valence-corrected chi connectivity index (χ0v) is 11.6. The first-order valence-electron chi connectivity index (χ1n) is 6.66. The molecule has 0 fully saturated rings. The first kappa shape index (κ1) is 15.9. The van der Waals surface area contributed by atoms with Crippen molar-refractivity contribution in [2.75, 3.05) is 11.9 Å². The van der Waals surface area contributed by atoms with Crippen LogP contribution in [0.25, 0.3) is 0 Å². The summed E-state index contributed by atoms with van der Waals surface area (Å²) in [5, 5.41) is 11.3. The molecule has 0 unspecified atom stereocenters. The molecule has 0 radical (unpaired) electrons. The fourth-order valence-electron chi connectivity index (χ4n) is 1.91. The number of aromatic amines is 1. The van der Waals surface area contributed by atoms with Gasteiger partial charge in [-0.3, -0.25) is 5.10 Å². The molecule has 0 aliphatic rings. The Kier molecular flexibility index (Phi) is 5.03. The minimum absolute atomic E-state index is 0.263. The van der Waals surface area contributed by atoms with E-state index in [9.17, 15) is 18.0 Å². The number of carbonyl (C=O) groups excluding carboxylic acids is 1. The van der Waals surface area contributed by atoms with Gasteiger partial charge in [-0.05, 0) is 31.0 Å². The van der Waals surface area contributed by atoms with Crippen LogP contribution in [-0.4, -0.2) is 22.8 Å². The molecule has 1 heterocycles. The molecule has 0 saturated heterocycles. The molecule has 0 aliphatic heterocycles. The monoisotopic (exact) mass is 312 g/mol. The summed E-state index contributed by atoms with van der Waals surface area (Å²) in [5.74, 6) is 0. The van der Waals surface area contributed by atoms with Crippen LogP contribution in [0.2, 0.25) is 0 Å². The van der Waals surface area contributed by atoms with Crippen LogP contribution in [0, 0.1) is 0 Å². The van der Waals surface area contributed by atoms with Gasteiger partial charge in [0.05, 0.1) is 11.3 Å². The van der Waals surface area contributed by atoms with Crippen LogP contribution < -0.4 is 10.6 Å². The number of benzene rings is 1. The van der Waals surface area contributed by atoms with Gasteiger partial charge in [0.25, 0.3) is 0 Å². The highest BCUT2D eigenvalue weighted by Gasteiger charge is 2.33. The molecule has 1 aromatic heterocycles. The van der Waals surface area contributed by atoms with Crippen LogP contribution in [0.4, 0.5) is 23.7 Å². The fraction of sp³-hybridized carbons (Fsp3) is 0.286. The van der Waals surface area contributed by atoms with Gasteiger partial charge in [0.1, 0.15) is 0 Å². The topological polar surface area (TPSA) is 69.8 Å². The fourth-order valence-corrected chi connectivity index (χ4v) is 1.91. The van der Waals surface area contributed by atoms with Gasteiger partial charge in [-0.1, -0.05) is 12.1 Å². The summed E-state index contributed by atoms with van der Waals surface area (Å²) >= 11 is 0. The van der Waals surface area contributed by atoms with Crippen molar-refractivity contribution in [1.29, 1.82) is 0 Å². The highest BCUT2D eigenvalue weighted by Crippen LogP contribution is 2.34. The summed E-state index contributed by atoms with van der Waals surface area (Å²) in [6, 6.07) is 6.00. The third kappa shape index (κ3) is 4.51. The number of aryl methyl sites for hydroxylation is 1. The number of rotatable bonds is 5. The third-order valence-electron chi connectivity index (χ3n) is 2.95. The van der Waals surface area contributed by atoms with Gasteiger partial charge in [0, 0.05) is 18.4 Å². The Balaban J connectivity index is 1.82. The maximum Gasteiger partial charge on any atom is 0.418 e. The number of amides is 2. The Morgan fingerprint density at radius 2 is 2.00 bits per heavy atom. The van der Waals surface area contributed by atoms with Crippen LogP contribution in [0.5, 0.6) is 0 Å². The van der Waals surface area contributed by atoms with Crippen molar-refractivity contribution in [3.05, 3.63) is 47.8 Å². The van der Waals surface area contributed by atoms with Crippen LogP contribution in [0.3, 0.4) is 0 Å². The second-order valence-corrected chi connectivity index (χ2v) is 4.61. The van der Waals surface area contributed by atoms with Crippen molar-refractivity contribution in [2.45, 2.75) is 19.0 Å². The lowest BCUT2D eigenvalue weighted by Crippen LogP contribution is -2.30. The average Bonchev–Trinajstić information content (AvgIpc) is 2.96. The lowest BCUT2D eigenvalue weighted by Gasteiger charge is -2.13. The van der Waals surface area contributed by atoms with Crippen LogP contribution in [-0.2, 0) is 12.6 Å². The predicted molar refractivity (Wildman–Crippen MR) is 75.4 cm³/mol. The number of nitrogens with zero attached hydrogens (tertiary/aromatic N) is 1. The summed E-state index contributed by atoms with van der Waals surface area (Å²) in [4.78, 5) is 11.6. The van der Waals surface area contributed by atoms with E-state index in [1.54, 1.807) is 6.20 Å². The second kappa shape index (κ2) is 6.97. The number of alkyl halides is 3. The van der Waals surface area contributed by atoms with E-state index >= 15 is 0 Å². The summed E-state index contributed by atoms with van der Waals surface area (Å²) in [5.41, 5.74) is -0.201. The maximum absolute atomic E-state index is 12.8. The Bertz CT molecular complexity index is 611. The number of urea groups is 1. The van der Waals surface area contributed by atoms with Crippen molar-refractivity contribution in [3.63, 3.8) is 0 Å². The van der Waals surface area contributed by atoms with Crippen molar-refractivity contribution in [2.24, 2.45) is 0 Å². The quantitative estimate of drug-likeness (QED) is 0.742.